The van der Waals surface area contributed by atoms with Crippen molar-refractivity contribution in [3.8, 4) is 5.75 Å². The van der Waals surface area contributed by atoms with Gasteiger partial charge in [0.1, 0.15) is 19.2 Å². The molecule has 0 N–H and O–H groups in total. The first-order valence-electron chi connectivity index (χ1n) is 4.71. The molecule has 0 spiro atoms. The standard InChI is InChI=1S/C11H13BO/c1-3-11(2)7-8-5-4-6-9(12)10(8)13-11/h4-6H,3,7H2,1-2H3. The van der Waals surface area contributed by atoms with E-state index in [0.29, 0.717) is 0 Å². The molecule has 1 aromatic carbocycles. The molecule has 1 atom stereocenters. The van der Waals surface area contributed by atoms with Gasteiger partial charge in [-0.2, -0.15) is 0 Å². The van der Waals surface area contributed by atoms with Crippen molar-refractivity contribution in [1.29, 1.82) is 0 Å². The molecule has 1 aromatic rings. The van der Waals surface area contributed by atoms with E-state index in [0.717, 1.165) is 24.1 Å². The Morgan fingerprint density at radius 3 is 2.92 bits per heavy atom. The summed E-state index contributed by atoms with van der Waals surface area (Å²) in [5.41, 5.74) is 1.96. The second-order valence-corrected chi connectivity index (χ2v) is 3.92. The molecule has 0 amide bonds. The minimum Gasteiger partial charge on any atom is -0.488 e. The van der Waals surface area contributed by atoms with E-state index in [1.807, 2.05) is 12.1 Å². The summed E-state index contributed by atoms with van der Waals surface area (Å²) in [5, 5.41) is 0. The van der Waals surface area contributed by atoms with Gasteiger partial charge in [-0.25, -0.2) is 0 Å². The molecule has 1 aliphatic rings. The van der Waals surface area contributed by atoms with Gasteiger partial charge in [0.25, 0.3) is 0 Å². The number of hydrogen-bond donors (Lipinski definition) is 0. The average molecular weight is 172 g/mol. The molecule has 0 fully saturated rings. The third-order valence-electron chi connectivity index (χ3n) is 2.79. The summed E-state index contributed by atoms with van der Waals surface area (Å²) in [5.74, 6) is 0.895. The lowest BCUT2D eigenvalue weighted by Crippen LogP contribution is -2.29. The lowest BCUT2D eigenvalue weighted by molar-refractivity contribution is 0.113. The highest BCUT2D eigenvalue weighted by Crippen LogP contribution is 2.34. The van der Waals surface area contributed by atoms with Crippen LogP contribution in [0.1, 0.15) is 25.8 Å². The zero-order valence-corrected chi connectivity index (χ0v) is 8.13. The Bertz CT molecular complexity index is 335. The monoisotopic (exact) mass is 172 g/mol. The molecule has 2 radical (unpaired) electrons. The summed E-state index contributed by atoms with van der Waals surface area (Å²) in [4.78, 5) is 0. The van der Waals surface area contributed by atoms with Gasteiger partial charge in [0.15, 0.2) is 0 Å². The molecule has 1 unspecified atom stereocenters. The molecule has 1 nitrogen and oxygen atoms in total. The lowest BCUT2D eigenvalue weighted by atomic mass is 9.91. The lowest BCUT2D eigenvalue weighted by Gasteiger charge is -2.22. The third kappa shape index (κ3) is 1.34. The molecule has 0 bridgehead atoms. The van der Waals surface area contributed by atoms with Crippen molar-refractivity contribution in [3.63, 3.8) is 0 Å². The molecule has 1 aliphatic heterocycles. The van der Waals surface area contributed by atoms with Crippen LogP contribution in [-0.2, 0) is 6.42 Å². The van der Waals surface area contributed by atoms with E-state index < -0.39 is 0 Å². The Kier molecular flexibility index (Phi) is 1.86. The number of ether oxygens (including phenoxy) is 1. The summed E-state index contributed by atoms with van der Waals surface area (Å²) in [6.45, 7) is 4.27. The molecule has 2 heteroatoms. The van der Waals surface area contributed by atoms with Crippen LogP contribution in [0.15, 0.2) is 18.2 Å². The van der Waals surface area contributed by atoms with Crippen LogP contribution in [0.25, 0.3) is 0 Å². The van der Waals surface area contributed by atoms with Crippen molar-refractivity contribution < 1.29 is 4.74 Å². The van der Waals surface area contributed by atoms with Gasteiger partial charge >= 0.3 is 0 Å². The van der Waals surface area contributed by atoms with Crippen LogP contribution < -0.4 is 10.2 Å². The van der Waals surface area contributed by atoms with E-state index in [9.17, 15) is 0 Å². The highest BCUT2D eigenvalue weighted by atomic mass is 16.5. The molecule has 0 aliphatic carbocycles. The van der Waals surface area contributed by atoms with E-state index in [1.54, 1.807) is 0 Å². The van der Waals surface area contributed by atoms with Gasteiger partial charge in [0.05, 0.1) is 0 Å². The van der Waals surface area contributed by atoms with Gasteiger partial charge in [-0.15, -0.1) is 0 Å². The first-order valence-corrected chi connectivity index (χ1v) is 4.71. The third-order valence-corrected chi connectivity index (χ3v) is 2.79. The van der Waals surface area contributed by atoms with Gasteiger partial charge < -0.3 is 4.74 Å². The van der Waals surface area contributed by atoms with Crippen LogP contribution in [0, 0.1) is 0 Å². The highest BCUT2D eigenvalue weighted by molar-refractivity contribution is 6.34. The quantitative estimate of drug-likeness (QED) is 0.584. The SMILES string of the molecule is [B]c1cccc2c1OC(C)(CC)C2. The van der Waals surface area contributed by atoms with Gasteiger partial charge in [-0.1, -0.05) is 30.6 Å². The van der Waals surface area contributed by atoms with Crippen LogP contribution in [0.2, 0.25) is 0 Å². The molecule has 66 valence electrons. The fraction of sp³-hybridized carbons (Fsp3) is 0.455. The predicted molar refractivity (Wildman–Crippen MR) is 54.9 cm³/mol. The van der Waals surface area contributed by atoms with Crippen molar-refractivity contribution in [3.05, 3.63) is 23.8 Å². The first-order chi connectivity index (χ1) is 6.14. The summed E-state index contributed by atoms with van der Waals surface area (Å²) < 4.78 is 5.85. The van der Waals surface area contributed by atoms with Crippen molar-refractivity contribution in [2.45, 2.75) is 32.3 Å². The zero-order chi connectivity index (χ0) is 9.47. The minimum absolute atomic E-state index is 0.0438. The molecule has 0 aromatic heterocycles. The van der Waals surface area contributed by atoms with E-state index in [4.69, 9.17) is 12.6 Å². The number of para-hydroxylation sites is 1. The topological polar surface area (TPSA) is 9.23 Å². The van der Waals surface area contributed by atoms with Crippen LogP contribution in [-0.4, -0.2) is 13.4 Å². The van der Waals surface area contributed by atoms with Gasteiger partial charge in [-0.05, 0) is 18.9 Å². The molecule has 13 heavy (non-hydrogen) atoms. The Balaban J connectivity index is 2.40. The summed E-state index contributed by atoms with van der Waals surface area (Å²) in [7, 11) is 5.82. The second kappa shape index (κ2) is 2.79. The average Bonchev–Trinajstić information content (AvgIpc) is 2.45. The molecule has 0 saturated heterocycles. The first kappa shape index (κ1) is 8.67. The molecule has 1 heterocycles. The maximum atomic E-state index is 5.85. The van der Waals surface area contributed by atoms with E-state index in [1.165, 1.54) is 5.56 Å². The van der Waals surface area contributed by atoms with Gasteiger partial charge in [0, 0.05) is 6.42 Å². The fourth-order valence-corrected chi connectivity index (χ4v) is 1.75. The fourth-order valence-electron chi connectivity index (χ4n) is 1.75. The number of hydrogen-bond acceptors (Lipinski definition) is 1. The Labute approximate surface area is 80.5 Å². The molecular weight excluding hydrogens is 159 g/mol. The van der Waals surface area contributed by atoms with Crippen LogP contribution in [0.5, 0.6) is 5.75 Å². The van der Waals surface area contributed by atoms with E-state index in [-0.39, 0.29) is 5.60 Å². The van der Waals surface area contributed by atoms with Crippen LogP contribution in [0.4, 0.5) is 0 Å². The summed E-state index contributed by atoms with van der Waals surface area (Å²) >= 11 is 0. The maximum absolute atomic E-state index is 5.85. The summed E-state index contributed by atoms with van der Waals surface area (Å²) in [6.07, 6.45) is 1.99. The minimum atomic E-state index is -0.0438. The Morgan fingerprint density at radius 2 is 2.31 bits per heavy atom. The smallest absolute Gasteiger partial charge is 0.119 e. The zero-order valence-electron chi connectivity index (χ0n) is 8.13. The second-order valence-electron chi connectivity index (χ2n) is 3.92. The Hall–Kier alpha value is -0.915. The van der Waals surface area contributed by atoms with Crippen molar-refractivity contribution in [2.24, 2.45) is 0 Å². The largest absolute Gasteiger partial charge is 0.488 e. The molecule has 0 saturated carbocycles. The van der Waals surface area contributed by atoms with Gasteiger partial charge in [-0.3, -0.25) is 0 Å². The maximum Gasteiger partial charge on any atom is 0.119 e. The van der Waals surface area contributed by atoms with E-state index >= 15 is 0 Å². The predicted octanol–water partition coefficient (Wildman–Crippen LogP) is 1.58. The molecule has 2 rings (SSSR count). The van der Waals surface area contributed by atoms with Crippen LogP contribution >= 0.6 is 0 Å². The van der Waals surface area contributed by atoms with Crippen molar-refractivity contribution in [2.75, 3.05) is 0 Å². The number of fused-ring (bicyclic) bond motifs is 1. The number of rotatable bonds is 1. The normalized spacial score (nSPS) is 25.4. The van der Waals surface area contributed by atoms with Crippen LogP contribution in [0.3, 0.4) is 0 Å². The van der Waals surface area contributed by atoms with Gasteiger partial charge in [0.2, 0.25) is 0 Å². The highest BCUT2D eigenvalue weighted by Gasteiger charge is 2.33. The van der Waals surface area contributed by atoms with Crippen molar-refractivity contribution >= 4 is 13.3 Å². The molecular formula is C11H13BO. The number of benzene rings is 1. The summed E-state index contributed by atoms with van der Waals surface area (Å²) in [6, 6.07) is 5.96. The van der Waals surface area contributed by atoms with Crippen molar-refractivity contribution in [1.82, 2.24) is 0 Å². The Morgan fingerprint density at radius 1 is 1.54 bits per heavy atom. The van der Waals surface area contributed by atoms with E-state index in [2.05, 4.69) is 19.9 Å².